The summed E-state index contributed by atoms with van der Waals surface area (Å²) in [5.41, 5.74) is 2.84. The number of carbonyl (C=O) groups excluding carboxylic acids is 1. The summed E-state index contributed by atoms with van der Waals surface area (Å²) in [5.74, 6) is -1.69. The molecule has 0 amide bonds. The minimum atomic E-state index is -0.947. The van der Waals surface area contributed by atoms with Crippen molar-refractivity contribution < 1.29 is 32.6 Å². The molecule has 1 aromatic heterocycles. The van der Waals surface area contributed by atoms with Gasteiger partial charge in [-0.1, -0.05) is 24.3 Å². The van der Waals surface area contributed by atoms with Gasteiger partial charge in [-0.25, -0.2) is 13.5 Å². The summed E-state index contributed by atoms with van der Waals surface area (Å²) in [5, 5.41) is 6.47. The summed E-state index contributed by atoms with van der Waals surface area (Å²) in [4.78, 5) is 21.9. The molecular formula is C31H38F2N4O5. The summed E-state index contributed by atoms with van der Waals surface area (Å²) in [6, 6.07) is 13.4. The fourth-order valence-electron chi connectivity index (χ4n) is 5.50. The number of halogens is 2. The Morgan fingerprint density at radius 3 is 2.67 bits per heavy atom. The monoisotopic (exact) mass is 584 g/mol. The van der Waals surface area contributed by atoms with Gasteiger partial charge < -0.3 is 19.1 Å². The highest BCUT2D eigenvalue weighted by molar-refractivity contribution is 5.81. The summed E-state index contributed by atoms with van der Waals surface area (Å²) >= 11 is 0. The molecule has 9 nitrogen and oxygen atoms in total. The van der Waals surface area contributed by atoms with E-state index in [-0.39, 0.29) is 30.6 Å². The zero-order valence-electron chi connectivity index (χ0n) is 24.3. The Morgan fingerprint density at radius 2 is 1.93 bits per heavy atom. The van der Waals surface area contributed by atoms with Crippen molar-refractivity contribution >= 4 is 5.78 Å². The van der Waals surface area contributed by atoms with Crippen molar-refractivity contribution in [2.24, 2.45) is 5.92 Å². The lowest BCUT2D eigenvalue weighted by Crippen LogP contribution is -2.42. The molecule has 0 saturated carbocycles. The van der Waals surface area contributed by atoms with Crippen LogP contribution in [0, 0.1) is 24.5 Å². The first-order chi connectivity index (χ1) is 20.3. The molecular weight excluding hydrogens is 546 g/mol. The quantitative estimate of drug-likeness (QED) is 0.317. The van der Waals surface area contributed by atoms with Gasteiger partial charge in [0.2, 0.25) is 5.88 Å². The van der Waals surface area contributed by atoms with Crippen molar-refractivity contribution in [3.63, 3.8) is 0 Å². The molecule has 2 aliphatic rings. The predicted octanol–water partition coefficient (Wildman–Crippen LogP) is 3.92. The van der Waals surface area contributed by atoms with E-state index >= 15 is 0 Å². The number of ketones is 1. The zero-order valence-corrected chi connectivity index (χ0v) is 24.3. The molecule has 0 aliphatic carbocycles. The van der Waals surface area contributed by atoms with Crippen LogP contribution in [0.1, 0.15) is 29.3 Å². The molecule has 5 rings (SSSR count). The second-order valence-electron chi connectivity index (χ2n) is 11.0. The molecule has 3 atom stereocenters. The minimum absolute atomic E-state index is 0.0197. The van der Waals surface area contributed by atoms with Crippen molar-refractivity contribution in [1.82, 2.24) is 19.7 Å². The lowest BCUT2D eigenvalue weighted by Gasteiger charge is -2.29. The van der Waals surface area contributed by atoms with Crippen LogP contribution in [0.5, 0.6) is 5.88 Å². The van der Waals surface area contributed by atoms with Crippen LogP contribution in [0.15, 0.2) is 48.5 Å². The number of Topliss-reactive ketones (excluding diaryl/α,β-unsaturated/α-hetero) is 1. The number of methoxy groups -OCH3 is 1. The predicted molar refractivity (Wildman–Crippen MR) is 151 cm³/mol. The molecule has 226 valence electrons. The molecule has 0 N–H and O–H groups in total. The molecule has 3 aromatic rings. The van der Waals surface area contributed by atoms with Gasteiger partial charge in [0.15, 0.2) is 11.6 Å². The maximum Gasteiger partial charge on any atom is 0.236 e. The van der Waals surface area contributed by atoms with Gasteiger partial charge in [-0.2, -0.15) is 5.06 Å². The Labute approximate surface area is 244 Å². The standard InChI is InChI=1S/C31H38F2N4O5/c1-21-29(37(24-7-5-4-6-8-24)34-31(21)41-20-26-19-35(2)11-14-40-26)17-25(38)15-23-18-36(12-13-39-3)42-30(23)22-9-10-27(32)28(33)16-22/h4-10,16,23,26,30H,11-15,17-20H2,1-3H3/t23-,26?,30+/m1/s1. The largest absolute Gasteiger partial charge is 0.474 e. The number of hydrogen-bond donors (Lipinski definition) is 0. The van der Waals surface area contributed by atoms with Crippen LogP contribution >= 0.6 is 0 Å². The fraction of sp³-hybridized carbons (Fsp3) is 0.484. The molecule has 0 spiro atoms. The first kappa shape index (κ1) is 30.2. The molecule has 2 fully saturated rings. The maximum absolute atomic E-state index is 14.1. The number of ether oxygens (including phenoxy) is 3. The van der Waals surface area contributed by atoms with E-state index in [2.05, 4.69) is 11.9 Å². The van der Waals surface area contributed by atoms with Gasteiger partial charge in [0, 0.05) is 57.6 Å². The number of rotatable bonds is 12. The van der Waals surface area contributed by atoms with Gasteiger partial charge in [0.1, 0.15) is 24.6 Å². The van der Waals surface area contributed by atoms with E-state index in [9.17, 15) is 13.6 Å². The van der Waals surface area contributed by atoms with Gasteiger partial charge in [0.25, 0.3) is 0 Å². The molecule has 0 radical (unpaired) electrons. The van der Waals surface area contributed by atoms with Gasteiger partial charge >= 0.3 is 0 Å². The van der Waals surface area contributed by atoms with Crippen LogP contribution in [-0.2, 0) is 25.5 Å². The van der Waals surface area contributed by atoms with Crippen LogP contribution in [0.4, 0.5) is 8.78 Å². The van der Waals surface area contributed by atoms with Gasteiger partial charge in [0.05, 0.1) is 24.6 Å². The third-order valence-corrected chi connectivity index (χ3v) is 7.75. The second kappa shape index (κ2) is 13.8. The van der Waals surface area contributed by atoms with Gasteiger partial charge in [-0.15, -0.1) is 5.10 Å². The lowest BCUT2D eigenvalue weighted by molar-refractivity contribution is -0.155. The highest BCUT2D eigenvalue weighted by Crippen LogP contribution is 2.37. The van der Waals surface area contributed by atoms with Crippen LogP contribution < -0.4 is 4.74 Å². The summed E-state index contributed by atoms with van der Waals surface area (Å²) in [6.45, 7) is 5.96. The van der Waals surface area contributed by atoms with Crippen LogP contribution in [-0.4, -0.2) is 91.8 Å². The van der Waals surface area contributed by atoms with Crippen LogP contribution in [0.3, 0.4) is 0 Å². The van der Waals surface area contributed by atoms with Crippen molar-refractivity contribution in [2.75, 3.05) is 60.2 Å². The minimum Gasteiger partial charge on any atom is -0.474 e. The smallest absolute Gasteiger partial charge is 0.236 e. The number of aromatic nitrogens is 2. The van der Waals surface area contributed by atoms with E-state index in [4.69, 9.17) is 24.1 Å². The van der Waals surface area contributed by atoms with E-state index in [1.54, 1.807) is 16.9 Å². The normalized spacial score (nSPS) is 21.6. The Bertz CT molecular complexity index is 1350. The number of nitrogens with zero attached hydrogens (tertiary/aromatic N) is 4. The average Bonchev–Trinajstić information content (AvgIpc) is 3.52. The van der Waals surface area contributed by atoms with Crippen molar-refractivity contribution in [1.29, 1.82) is 0 Å². The van der Waals surface area contributed by atoms with Crippen molar-refractivity contribution in [2.45, 2.75) is 32.0 Å². The number of morpholine rings is 1. The van der Waals surface area contributed by atoms with Gasteiger partial charge in [-0.05, 0) is 43.8 Å². The SMILES string of the molecule is COCCN1C[C@@H](CC(=O)Cc2c(C)c(OCC3CN(C)CCO3)nn2-c2ccccc2)[C@H](c2ccc(F)c(F)c2)O1. The number of carbonyl (C=O) groups is 1. The maximum atomic E-state index is 14.1. The highest BCUT2D eigenvalue weighted by Gasteiger charge is 2.37. The van der Waals surface area contributed by atoms with E-state index in [0.717, 1.165) is 42.2 Å². The van der Waals surface area contributed by atoms with Crippen LogP contribution in [0.2, 0.25) is 0 Å². The number of benzene rings is 2. The number of para-hydroxylation sites is 1. The molecule has 3 heterocycles. The molecule has 2 aromatic carbocycles. The van der Waals surface area contributed by atoms with E-state index in [1.807, 2.05) is 37.3 Å². The second-order valence-corrected chi connectivity index (χ2v) is 11.0. The third-order valence-electron chi connectivity index (χ3n) is 7.75. The number of hydroxylamine groups is 2. The molecule has 42 heavy (non-hydrogen) atoms. The van der Waals surface area contributed by atoms with E-state index in [0.29, 0.717) is 44.4 Å². The van der Waals surface area contributed by atoms with Gasteiger partial charge in [-0.3, -0.25) is 9.63 Å². The first-order valence-electron chi connectivity index (χ1n) is 14.3. The molecule has 1 unspecified atom stereocenters. The Balaban J connectivity index is 1.34. The summed E-state index contributed by atoms with van der Waals surface area (Å²) in [7, 11) is 3.65. The molecule has 2 aliphatic heterocycles. The topological polar surface area (TPSA) is 78.3 Å². The fourth-order valence-corrected chi connectivity index (χ4v) is 5.50. The van der Waals surface area contributed by atoms with Crippen molar-refractivity contribution in [3.05, 3.63) is 77.0 Å². The van der Waals surface area contributed by atoms with E-state index in [1.165, 1.54) is 6.07 Å². The third kappa shape index (κ3) is 7.22. The van der Waals surface area contributed by atoms with Crippen molar-refractivity contribution in [3.8, 4) is 11.6 Å². The Morgan fingerprint density at radius 1 is 1.12 bits per heavy atom. The lowest BCUT2D eigenvalue weighted by atomic mass is 9.90. The Kier molecular flexibility index (Phi) is 9.96. The molecule has 2 saturated heterocycles. The van der Waals surface area contributed by atoms with E-state index < -0.39 is 17.7 Å². The first-order valence-corrected chi connectivity index (χ1v) is 14.3. The summed E-state index contributed by atoms with van der Waals surface area (Å²) < 4.78 is 46.7. The van der Waals surface area contributed by atoms with Crippen LogP contribution in [0.25, 0.3) is 5.69 Å². The number of likely N-dealkylation sites (N-methyl/N-ethyl adjacent to an activating group) is 1. The summed E-state index contributed by atoms with van der Waals surface area (Å²) in [6.07, 6.45) is -0.343. The molecule has 11 heteroatoms. The Hall–Kier alpha value is -3.22. The average molecular weight is 585 g/mol. The number of hydrogen-bond acceptors (Lipinski definition) is 8. The molecule has 0 bridgehead atoms. The zero-order chi connectivity index (χ0) is 29.6. The highest BCUT2D eigenvalue weighted by atomic mass is 19.2.